The summed E-state index contributed by atoms with van der Waals surface area (Å²) in [5.41, 5.74) is 3.67. The van der Waals surface area contributed by atoms with Crippen LogP contribution in [0.1, 0.15) is 29.7 Å². The van der Waals surface area contributed by atoms with Gasteiger partial charge in [0.2, 0.25) is 0 Å². The Bertz CT molecular complexity index is 1660. The van der Waals surface area contributed by atoms with E-state index in [0.29, 0.717) is 64.1 Å². The zero-order valence-corrected chi connectivity index (χ0v) is 24.0. The number of methoxy groups -OCH3 is 1. The Hall–Kier alpha value is -4.59. The minimum absolute atomic E-state index is 0.0225. The Morgan fingerprint density at radius 2 is 2.10 bits per heavy atom. The van der Waals surface area contributed by atoms with Gasteiger partial charge in [-0.05, 0) is 55.5 Å². The second-order valence-electron chi connectivity index (χ2n) is 10.0. The molecule has 1 fully saturated rings. The molecule has 2 aromatic carbocycles. The molecule has 0 unspecified atom stereocenters. The molecule has 2 aromatic heterocycles. The van der Waals surface area contributed by atoms with Crippen LogP contribution in [0.5, 0.6) is 17.2 Å². The highest BCUT2D eigenvalue weighted by Gasteiger charge is 2.26. The number of carbonyl (C=O) groups is 1. The molecule has 11 heteroatoms. The third kappa shape index (κ3) is 6.33. The van der Waals surface area contributed by atoms with E-state index in [1.807, 2.05) is 19.1 Å². The number of aryl methyl sites for hydroxylation is 1. The minimum Gasteiger partial charge on any atom is -0.493 e. The molecule has 5 rings (SSSR count). The average Bonchev–Trinajstić information content (AvgIpc) is 3.01. The number of carbonyl (C=O) groups excluding carboxylic acids is 1. The number of nitriles is 1. The van der Waals surface area contributed by atoms with E-state index in [9.17, 15) is 15.2 Å². The van der Waals surface area contributed by atoms with E-state index in [1.54, 1.807) is 41.4 Å². The highest BCUT2D eigenvalue weighted by Crippen LogP contribution is 2.39. The molecule has 0 bridgehead atoms. The van der Waals surface area contributed by atoms with Gasteiger partial charge in [0.25, 0.3) is 0 Å². The Morgan fingerprint density at radius 1 is 1.24 bits per heavy atom. The van der Waals surface area contributed by atoms with Gasteiger partial charge in [0.15, 0.2) is 11.5 Å². The number of fused-ring (bicyclic) bond motifs is 1. The molecule has 1 aliphatic rings. The first-order chi connectivity index (χ1) is 20.4. The van der Waals surface area contributed by atoms with E-state index >= 15 is 0 Å². The van der Waals surface area contributed by atoms with Crippen molar-refractivity contribution in [2.24, 2.45) is 5.92 Å². The van der Waals surface area contributed by atoms with Crippen molar-refractivity contribution >= 4 is 40.0 Å². The van der Waals surface area contributed by atoms with Crippen molar-refractivity contribution in [3.63, 3.8) is 0 Å². The first-order valence-corrected chi connectivity index (χ1v) is 13.9. The fraction of sp³-hybridized carbons (Fsp3) is 0.290. The van der Waals surface area contributed by atoms with Crippen molar-refractivity contribution in [1.82, 2.24) is 14.9 Å². The fourth-order valence-corrected chi connectivity index (χ4v) is 5.06. The second kappa shape index (κ2) is 12.9. The summed E-state index contributed by atoms with van der Waals surface area (Å²) in [6, 6.07) is 14.5. The molecule has 0 radical (unpaired) electrons. The van der Waals surface area contributed by atoms with Gasteiger partial charge in [-0.15, -0.1) is 0 Å². The second-order valence-corrected chi connectivity index (χ2v) is 10.4. The molecule has 0 aliphatic carbocycles. The molecule has 3 heterocycles. The number of anilines is 2. The van der Waals surface area contributed by atoms with Crippen molar-refractivity contribution in [2.75, 3.05) is 32.1 Å². The zero-order chi connectivity index (χ0) is 29.6. The summed E-state index contributed by atoms with van der Waals surface area (Å²) in [6.45, 7) is 3.28. The maximum absolute atomic E-state index is 12.9. The minimum atomic E-state index is -0.523. The van der Waals surface area contributed by atoms with Gasteiger partial charge >= 0.3 is 6.09 Å². The number of aliphatic hydroxyl groups is 1. The Labute approximate surface area is 248 Å². The van der Waals surface area contributed by atoms with Crippen molar-refractivity contribution in [3.8, 4) is 23.3 Å². The number of nitrogens with one attached hydrogen (secondary N) is 1. The highest BCUT2D eigenvalue weighted by molar-refractivity contribution is 6.33. The lowest BCUT2D eigenvalue weighted by Crippen LogP contribution is -2.42. The predicted octanol–water partition coefficient (Wildman–Crippen LogP) is 6.00. The van der Waals surface area contributed by atoms with Gasteiger partial charge in [-0.3, -0.25) is 9.97 Å². The molecule has 0 spiro atoms. The van der Waals surface area contributed by atoms with Gasteiger partial charge in [-0.1, -0.05) is 17.7 Å². The van der Waals surface area contributed by atoms with Crippen molar-refractivity contribution < 1.29 is 24.1 Å². The third-order valence-electron chi connectivity index (χ3n) is 7.20. The number of aliphatic hydroxyl groups excluding tert-OH is 1. The van der Waals surface area contributed by atoms with E-state index in [-0.39, 0.29) is 18.3 Å². The number of rotatable bonds is 8. The number of piperidine rings is 1. The summed E-state index contributed by atoms with van der Waals surface area (Å²) >= 11 is 6.62. The molecule has 1 atom stereocenters. The number of pyridine rings is 2. The number of hydrogen-bond acceptors (Lipinski definition) is 9. The number of aromatic nitrogens is 2. The van der Waals surface area contributed by atoms with E-state index in [1.165, 1.54) is 13.3 Å². The number of hydrogen-bond donors (Lipinski definition) is 2. The van der Waals surface area contributed by atoms with Crippen molar-refractivity contribution in [1.29, 1.82) is 5.26 Å². The summed E-state index contributed by atoms with van der Waals surface area (Å²) in [4.78, 5) is 23.3. The van der Waals surface area contributed by atoms with Gasteiger partial charge in [0.1, 0.15) is 18.4 Å². The van der Waals surface area contributed by atoms with Crippen LogP contribution in [-0.2, 0) is 6.61 Å². The molecule has 2 N–H and O–H groups in total. The van der Waals surface area contributed by atoms with Crippen molar-refractivity contribution in [2.45, 2.75) is 26.4 Å². The van der Waals surface area contributed by atoms with Gasteiger partial charge in [0, 0.05) is 49.6 Å². The van der Waals surface area contributed by atoms with E-state index in [4.69, 9.17) is 25.8 Å². The SMILES string of the molecule is COc1cc2c(Nc3ccc(OCc4ncccc4C)cc3Cl)c(C#N)cnc2cc1OC(=O)N1CCC[C@H](CO)C1. The number of amides is 1. The number of halogens is 1. The predicted molar refractivity (Wildman–Crippen MR) is 158 cm³/mol. The molecule has 1 aliphatic heterocycles. The highest BCUT2D eigenvalue weighted by atomic mass is 35.5. The molecule has 0 saturated carbocycles. The molecule has 10 nitrogen and oxygen atoms in total. The number of benzene rings is 2. The van der Waals surface area contributed by atoms with E-state index < -0.39 is 6.09 Å². The smallest absolute Gasteiger partial charge is 0.415 e. The lowest BCUT2D eigenvalue weighted by atomic mass is 10.00. The lowest BCUT2D eigenvalue weighted by molar-refractivity contribution is 0.104. The first kappa shape index (κ1) is 28.9. The van der Waals surface area contributed by atoms with E-state index in [2.05, 4.69) is 21.4 Å². The monoisotopic (exact) mass is 587 g/mol. The number of nitrogens with zero attached hydrogens (tertiary/aromatic N) is 4. The molecule has 4 aromatic rings. The zero-order valence-electron chi connectivity index (χ0n) is 23.3. The molecule has 1 amide bonds. The van der Waals surface area contributed by atoms with Crippen LogP contribution in [0.2, 0.25) is 5.02 Å². The average molecular weight is 588 g/mol. The normalized spacial score (nSPS) is 14.7. The Balaban J connectivity index is 1.40. The summed E-state index contributed by atoms with van der Waals surface area (Å²) in [7, 11) is 1.47. The summed E-state index contributed by atoms with van der Waals surface area (Å²) < 4.78 is 17.1. The summed E-state index contributed by atoms with van der Waals surface area (Å²) in [5.74, 6) is 1.10. The van der Waals surface area contributed by atoms with Crippen LogP contribution in [0.3, 0.4) is 0 Å². The van der Waals surface area contributed by atoms with Crippen LogP contribution in [0.15, 0.2) is 54.9 Å². The Kier molecular flexibility index (Phi) is 8.91. The molecule has 1 saturated heterocycles. The van der Waals surface area contributed by atoms with Crippen LogP contribution in [0.25, 0.3) is 10.9 Å². The molecule has 216 valence electrons. The maximum atomic E-state index is 12.9. The van der Waals surface area contributed by atoms with Gasteiger partial charge in [0.05, 0.1) is 40.3 Å². The van der Waals surface area contributed by atoms with Gasteiger partial charge < -0.3 is 29.5 Å². The quantitative estimate of drug-likeness (QED) is 0.255. The van der Waals surface area contributed by atoms with Crippen LogP contribution < -0.4 is 19.5 Å². The van der Waals surface area contributed by atoms with Crippen LogP contribution >= 0.6 is 11.6 Å². The van der Waals surface area contributed by atoms with Crippen molar-refractivity contribution in [3.05, 3.63) is 76.7 Å². The summed E-state index contributed by atoms with van der Waals surface area (Å²) in [6.07, 6.45) is 4.30. The first-order valence-electron chi connectivity index (χ1n) is 13.5. The standard InChI is InChI=1S/C31H30ClN5O5/c1-19-5-3-9-34-27(19)18-41-22-7-8-25(24(32)11-22)36-30-21(14-33)15-35-26-13-29(28(40-2)12-23(26)30)42-31(39)37-10-4-6-20(16-37)17-38/h3,5,7-9,11-13,15,20,38H,4,6,10,16-18H2,1-2H3,(H,35,36)/t20-/m0/s1. The van der Waals surface area contributed by atoms with Gasteiger partial charge in [-0.2, -0.15) is 5.26 Å². The van der Waals surface area contributed by atoms with Crippen LogP contribution in [0.4, 0.5) is 16.2 Å². The summed E-state index contributed by atoms with van der Waals surface area (Å²) in [5, 5.41) is 23.6. The molecular formula is C31H30ClN5O5. The third-order valence-corrected chi connectivity index (χ3v) is 7.51. The maximum Gasteiger partial charge on any atom is 0.415 e. The Morgan fingerprint density at radius 3 is 2.83 bits per heavy atom. The topological polar surface area (TPSA) is 130 Å². The molecule has 42 heavy (non-hydrogen) atoms. The number of likely N-dealkylation sites (tertiary alicyclic amines) is 1. The van der Waals surface area contributed by atoms with Gasteiger partial charge in [-0.25, -0.2) is 4.79 Å². The lowest BCUT2D eigenvalue weighted by Gasteiger charge is -2.31. The molecular weight excluding hydrogens is 558 g/mol. The van der Waals surface area contributed by atoms with E-state index in [0.717, 1.165) is 24.1 Å². The fourth-order valence-electron chi connectivity index (χ4n) is 4.84. The largest absolute Gasteiger partial charge is 0.493 e. The van der Waals surface area contributed by atoms with Crippen LogP contribution in [-0.4, -0.2) is 52.9 Å². The van der Waals surface area contributed by atoms with Crippen LogP contribution in [0, 0.1) is 24.2 Å². The number of ether oxygens (including phenoxy) is 3.